The second-order valence-corrected chi connectivity index (χ2v) is 3.93. The van der Waals surface area contributed by atoms with Gasteiger partial charge in [0.25, 0.3) is 5.56 Å². The summed E-state index contributed by atoms with van der Waals surface area (Å²) in [6, 6.07) is 3.35. The molecule has 1 aromatic heterocycles. The Kier molecular flexibility index (Phi) is 5.74. The number of unbranched alkanes of at least 4 members (excludes halogenated alkanes) is 5. The summed E-state index contributed by atoms with van der Waals surface area (Å²) >= 11 is 0. The zero-order valence-corrected chi connectivity index (χ0v) is 9.46. The number of aryl methyl sites for hydroxylation is 1. The van der Waals surface area contributed by atoms with Crippen LogP contribution >= 0.6 is 0 Å². The van der Waals surface area contributed by atoms with Crippen LogP contribution in [0.15, 0.2) is 16.9 Å². The molecule has 0 aliphatic heterocycles. The number of rotatable bonds is 7. The van der Waals surface area contributed by atoms with Crippen molar-refractivity contribution < 1.29 is 0 Å². The van der Waals surface area contributed by atoms with E-state index in [1.165, 1.54) is 38.5 Å². The first-order valence-corrected chi connectivity index (χ1v) is 5.87. The number of aromatic nitrogens is 2. The Morgan fingerprint density at radius 2 is 1.87 bits per heavy atom. The number of nitrogens with one attached hydrogen (secondary N) is 1. The maximum Gasteiger partial charge on any atom is 0.264 e. The van der Waals surface area contributed by atoms with Crippen molar-refractivity contribution in [3.63, 3.8) is 0 Å². The van der Waals surface area contributed by atoms with Crippen LogP contribution in [0.2, 0.25) is 0 Å². The Hall–Kier alpha value is -1.12. The normalized spacial score (nSPS) is 10.5. The molecule has 1 aromatic rings. The van der Waals surface area contributed by atoms with Gasteiger partial charge in [0.2, 0.25) is 0 Å². The van der Waals surface area contributed by atoms with Gasteiger partial charge in [0, 0.05) is 6.07 Å². The van der Waals surface area contributed by atoms with E-state index in [2.05, 4.69) is 17.1 Å². The molecule has 1 rings (SSSR count). The summed E-state index contributed by atoms with van der Waals surface area (Å²) in [4.78, 5) is 10.8. The van der Waals surface area contributed by atoms with E-state index in [1.807, 2.05) is 6.07 Å². The van der Waals surface area contributed by atoms with Crippen LogP contribution in [0, 0.1) is 0 Å². The first kappa shape index (κ1) is 12.0. The topological polar surface area (TPSA) is 45.8 Å². The molecule has 0 aliphatic carbocycles. The van der Waals surface area contributed by atoms with E-state index in [0.29, 0.717) is 0 Å². The van der Waals surface area contributed by atoms with Crippen molar-refractivity contribution in [3.05, 3.63) is 28.2 Å². The molecule has 15 heavy (non-hydrogen) atoms. The molecule has 84 valence electrons. The van der Waals surface area contributed by atoms with Crippen LogP contribution < -0.4 is 5.56 Å². The van der Waals surface area contributed by atoms with Crippen LogP contribution in [0.3, 0.4) is 0 Å². The molecule has 0 atom stereocenters. The smallest absolute Gasteiger partial charge is 0.264 e. The Bertz CT molecular complexity index is 299. The number of hydrogen-bond acceptors (Lipinski definition) is 2. The Balaban J connectivity index is 2.10. The fraction of sp³-hybridized carbons (Fsp3) is 0.667. The molecule has 3 heteroatoms. The Morgan fingerprint density at radius 1 is 1.13 bits per heavy atom. The van der Waals surface area contributed by atoms with E-state index in [0.717, 1.165) is 12.1 Å². The summed E-state index contributed by atoms with van der Waals surface area (Å²) in [7, 11) is 0. The molecular weight excluding hydrogens is 188 g/mol. The third-order valence-electron chi connectivity index (χ3n) is 2.52. The standard InChI is InChI=1S/C12H20N2O/c1-2-3-4-5-6-7-8-11-9-10-12(15)14-13-11/h9-10H,2-8H2,1H3,(H,14,15). The molecule has 0 amide bonds. The van der Waals surface area contributed by atoms with E-state index in [-0.39, 0.29) is 5.56 Å². The van der Waals surface area contributed by atoms with Gasteiger partial charge in [0.05, 0.1) is 5.69 Å². The largest absolute Gasteiger partial charge is 0.268 e. The van der Waals surface area contributed by atoms with Gasteiger partial charge < -0.3 is 0 Å². The summed E-state index contributed by atoms with van der Waals surface area (Å²) in [6.45, 7) is 2.23. The minimum Gasteiger partial charge on any atom is -0.268 e. The lowest BCUT2D eigenvalue weighted by atomic mass is 10.1. The van der Waals surface area contributed by atoms with Crippen LogP contribution in [0.5, 0.6) is 0 Å². The Labute approximate surface area is 90.9 Å². The van der Waals surface area contributed by atoms with Gasteiger partial charge in [0.15, 0.2) is 0 Å². The molecule has 0 unspecified atom stereocenters. The van der Waals surface area contributed by atoms with Crippen LogP contribution in [0.4, 0.5) is 0 Å². The van der Waals surface area contributed by atoms with Crippen molar-refractivity contribution in [2.75, 3.05) is 0 Å². The molecule has 0 spiro atoms. The lowest BCUT2D eigenvalue weighted by molar-refractivity contribution is 0.602. The van der Waals surface area contributed by atoms with Crippen molar-refractivity contribution in [1.82, 2.24) is 10.2 Å². The van der Waals surface area contributed by atoms with Gasteiger partial charge in [-0.1, -0.05) is 39.0 Å². The SMILES string of the molecule is CCCCCCCCc1ccc(=O)[nH]n1. The van der Waals surface area contributed by atoms with Gasteiger partial charge in [-0.15, -0.1) is 0 Å². The third kappa shape index (κ3) is 5.35. The van der Waals surface area contributed by atoms with Crippen molar-refractivity contribution >= 4 is 0 Å². The summed E-state index contributed by atoms with van der Waals surface area (Å²) in [5.74, 6) is 0. The molecule has 0 aliphatic rings. The maximum absolute atomic E-state index is 10.8. The third-order valence-corrected chi connectivity index (χ3v) is 2.52. The van der Waals surface area contributed by atoms with Gasteiger partial charge in [-0.25, -0.2) is 5.10 Å². The molecular formula is C12H20N2O. The average Bonchev–Trinajstić information content (AvgIpc) is 2.26. The zero-order valence-electron chi connectivity index (χ0n) is 9.46. The lowest BCUT2D eigenvalue weighted by Gasteiger charge is -2.00. The molecule has 0 radical (unpaired) electrons. The second-order valence-electron chi connectivity index (χ2n) is 3.93. The van der Waals surface area contributed by atoms with E-state index in [4.69, 9.17) is 0 Å². The summed E-state index contributed by atoms with van der Waals surface area (Å²) in [5.41, 5.74) is 0.867. The van der Waals surface area contributed by atoms with Crippen LogP contribution in [-0.4, -0.2) is 10.2 Å². The van der Waals surface area contributed by atoms with Gasteiger partial charge in [-0.05, 0) is 18.9 Å². The molecule has 0 aromatic carbocycles. The molecule has 0 bridgehead atoms. The van der Waals surface area contributed by atoms with E-state index in [1.54, 1.807) is 6.07 Å². The predicted molar refractivity (Wildman–Crippen MR) is 61.9 cm³/mol. The van der Waals surface area contributed by atoms with E-state index < -0.39 is 0 Å². The molecule has 1 heterocycles. The predicted octanol–water partition coefficient (Wildman–Crippen LogP) is 2.67. The summed E-state index contributed by atoms with van der Waals surface area (Å²) in [5, 5.41) is 6.43. The molecule has 1 N–H and O–H groups in total. The van der Waals surface area contributed by atoms with Crippen LogP contribution in [0.25, 0.3) is 0 Å². The highest BCUT2D eigenvalue weighted by Crippen LogP contribution is 2.07. The highest BCUT2D eigenvalue weighted by molar-refractivity contribution is 4.99. The zero-order chi connectivity index (χ0) is 10.9. The van der Waals surface area contributed by atoms with Crippen molar-refractivity contribution in [3.8, 4) is 0 Å². The van der Waals surface area contributed by atoms with Crippen molar-refractivity contribution in [2.45, 2.75) is 51.9 Å². The van der Waals surface area contributed by atoms with E-state index in [9.17, 15) is 4.79 Å². The lowest BCUT2D eigenvalue weighted by Crippen LogP contribution is -2.07. The monoisotopic (exact) mass is 208 g/mol. The number of aromatic amines is 1. The van der Waals surface area contributed by atoms with Crippen LogP contribution in [0.1, 0.15) is 51.1 Å². The fourth-order valence-electron chi connectivity index (χ4n) is 1.60. The minimum absolute atomic E-state index is 0.123. The molecule has 0 fully saturated rings. The number of hydrogen-bond donors (Lipinski definition) is 1. The summed E-state index contributed by atoms with van der Waals surface area (Å²) < 4.78 is 0. The van der Waals surface area contributed by atoms with Crippen LogP contribution in [-0.2, 0) is 6.42 Å². The van der Waals surface area contributed by atoms with Gasteiger partial charge in [-0.3, -0.25) is 4.79 Å². The first-order chi connectivity index (χ1) is 7.33. The fourth-order valence-corrected chi connectivity index (χ4v) is 1.60. The second kappa shape index (κ2) is 7.21. The molecule has 0 saturated carbocycles. The van der Waals surface area contributed by atoms with Gasteiger partial charge in [0.1, 0.15) is 0 Å². The van der Waals surface area contributed by atoms with Gasteiger partial charge >= 0.3 is 0 Å². The quantitative estimate of drug-likeness (QED) is 0.700. The van der Waals surface area contributed by atoms with Crippen molar-refractivity contribution in [1.29, 1.82) is 0 Å². The summed E-state index contributed by atoms with van der Waals surface area (Å²) in [6.07, 6.45) is 8.71. The molecule has 3 nitrogen and oxygen atoms in total. The highest BCUT2D eigenvalue weighted by atomic mass is 16.1. The highest BCUT2D eigenvalue weighted by Gasteiger charge is 1.95. The molecule has 0 saturated heterocycles. The van der Waals surface area contributed by atoms with Gasteiger partial charge in [-0.2, -0.15) is 5.10 Å². The van der Waals surface area contributed by atoms with E-state index >= 15 is 0 Å². The number of H-pyrrole nitrogens is 1. The average molecular weight is 208 g/mol. The van der Waals surface area contributed by atoms with Crippen molar-refractivity contribution in [2.24, 2.45) is 0 Å². The Morgan fingerprint density at radius 3 is 2.53 bits per heavy atom. The number of nitrogens with zero attached hydrogens (tertiary/aromatic N) is 1. The minimum atomic E-state index is -0.123. The maximum atomic E-state index is 10.8. The first-order valence-electron chi connectivity index (χ1n) is 5.87.